The van der Waals surface area contributed by atoms with Crippen molar-refractivity contribution >= 4 is 28.7 Å². The molecule has 1 aromatic rings. The first-order chi connectivity index (χ1) is 14.0. The number of fused-ring (bicyclic) bond motifs is 2. The second-order valence-electron chi connectivity index (χ2n) is 8.52. The topological polar surface area (TPSA) is 87.4 Å². The van der Waals surface area contributed by atoms with Gasteiger partial charge in [0.1, 0.15) is 17.3 Å². The van der Waals surface area contributed by atoms with E-state index in [1.807, 2.05) is 0 Å². The second-order valence-corrected chi connectivity index (χ2v) is 10.6. The summed E-state index contributed by atoms with van der Waals surface area (Å²) in [5.74, 6) is 2.41. The predicted octanol–water partition coefficient (Wildman–Crippen LogP) is 4.23. The van der Waals surface area contributed by atoms with Crippen molar-refractivity contribution in [2.75, 3.05) is 31.2 Å². The zero-order chi connectivity index (χ0) is 20.7. The third-order valence-electron chi connectivity index (χ3n) is 6.30. The van der Waals surface area contributed by atoms with Crippen molar-refractivity contribution in [3.8, 4) is 5.75 Å². The minimum atomic E-state index is -0.892. The molecule has 1 aromatic carbocycles. The van der Waals surface area contributed by atoms with Gasteiger partial charge in [0.15, 0.2) is 0 Å². The summed E-state index contributed by atoms with van der Waals surface area (Å²) in [6, 6.07) is 5.17. The van der Waals surface area contributed by atoms with E-state index < -0.39 is 11.2 Å². The number of nitrogens with two attached hydrogens (primary N) is 1. The number of benzene rings is 1. The summed E-state index contributed by atoms with van der Waals surface area (Å²) in [6.45, 7) is 1.62. The Morgan fingerprint density at radius 2 is 2.03 bits per heavy atom. The van der Waals surface area contributed by atoms with Crippen LogP contribution in [0.15, 0.2) is 18.2 Å². The molecular weight excluding hydrogens is 420 g/mol. The Bertz CT molecular complexity index is 678. The summed E-state index contributed by atoms with van der Waals surface area (Å²) in [6.07, 6.45) is 9.61. The van der Waals surface area contributed by atoms with Crippen LogP contribution in [0.3, 0.4) is 0 Å². The molecule has 1 unspecified atom stereocenters. The van der Waals surface area contributed by atoms with Crippen molar-refractivity contribution in [2.45, 2.75) is 51.4 Å². The number of carbonyl (C=O) groups excluding carboxylic acids is 1. The molecule has 0 heterocycles. The summed E-state index contributed by atoms with van der Waals surface area (Å²) in [5, 5.41) is 3.58. The van der Waals surface area contributed by atoms with Gasteiger partial charge < -0.3 is 20.3 Å². The molecule has 2 fully saturated rings. The van der Waals surface area contributed by atoms with Crippen LogP contribution in [-0.2, 0) is 11.2 Å². The van der Waals surface area contributed by atoms with Gasteiger partial charge in [-0.05, 0) is 48.8 Å². The molecule has 5 nitrogen and oxygen atoms in total. The van der Waals surface area contributed by atoms with Gasteiger partial charge in [0, 0.05) is 19.5 Å². The summed E-state index contributed by atoms with van der Waals surface area (Å²) in [7, 11) is 0. The van der Waals surface area contributed by atoms with E-state index in [0.717, 1.165) is 12.5 Å². The average molecular weight is 455 g/mol. The fraction of sp³-hybridized carbons (Fsp3) is 0.652. The van der Waals surface area contributed by atoms with Crippen LogP contribution >= 0.6 is 11.6 Å². The number of hydrogen-bond donors (Lipinski definition) is 2. The van der Waals surface area contributed by atoms with E-state index in [0.29, 0.717) is 47.4 Å². The number of carbonyl (C=O) groups is 1. The van der Waals surface area contributed by atoms with Gasteiger partial charge in [-0.15, -0.1) is 0 Å². The Balaban J connectivity index is 0.00000320. The summed E-state index contributed by atoms with van der Waals surface area (Å²) in [4.78, 5) is 12.8. The van der Waals surface area contributed by atoms with Crippen LogP contribution in [0.1, 0.15) is 61.7 Å². The van der Waals surface area contributed by atoms with E-state index in [9.17, 15) is 9.35 Å². The van der Waals surface area contributed by atoms with Crippen molar-refractivity contribution in [3.63, 3.8) is 0 Å². The predicted molar refractivity (Wildman–Crippen MR) is 124 cm³/mol. The number of hydrogen-bond acceptors (Lipinski definition) is 4. The molecule has 168 valence electrons. The minimum Gasteiger partial charge on any atom is -0.616 e. The highest BCUT2D eigenvalue weighted by Crippen LogP contribution is 2.48. The molecule has 3 N–H and O–H groups in total. The number of nitrogens with one attached hydrogen (secondary N) is 1. The molecule has 0 aromatic heterocycles. The van der Waals surface area contributed by atoms with E-state index >= 15 is 0 Å². The average Bonchev–Trinajstić information content (AvgIpc) is 2.71. The lowest BCUT2D eigenvalue weighted by Crippen LogP contribution is -2.43. The van der Waals surface area contributed by atoms with Gasteiger partial charge in [0.05, 0.1) is 17.2 Å². The Labute approximate surface area is 189 Å². The quantitative estimate of drug-likeness (QED) is 0.409. The Kier molecular flexibility index (Phi) is 10.3. The Morgan fingerprint density at radius 1 is 1.30 bits per heavy atom. The standard InChI is InChI=1S/C22H33ClN2O3S.CH2/c23-20-7-6-18(28-11-3-12-29(27)13-10-24)14-19(20)21(26)25-16-22-8-1-4-17(15-22)5-2-9-22;/h6-7,14,17H,1-5,8-13,15-16,24H2,(H,25,26);1H2. The fourth-order valence-corrected chi connectivity index (χ4v) is 5.96. The molecule has 7 heteroatoms. The van der Waals surface area contributed by atoms with Gasteiger partial charge in [0.25, 0.3) is 5.91 Å². The lowest BCUT2D eigenvalue weighted by Gasteiger charge is -2.45. The number of amides is 1. The molecule has 0 aliphatic heterocycles. The lowest BCUT2D eigenvalue weighted by atomic mass is 9.62. The van der Waals surface area contributed by atoms with Gasteiger partial charge in [-0.1, -0.05) is 55.9 Å². The zero-order valence-electron chi connectivity index (χ0n) is 17.8. The summed E-state index contributed by atoms with van der Waals surface area (Å²) in [5.41, 5.74) is 6.14. The van der Waals surface area contributed by atoms with Crippen LogP contribution in [0.4, 0.5) is 0 Å². The maximum atomic E-state index is 12.8. The van der Waals surface area contributed by atoms with Crippen LogP contribution in [0.5, 0.6) is 5.75 Å². The molecule has 1 amide bonds. The summed E-state index contributed by atoms with van der Waals surface area (Å²) < 4.78 is 17.4. The first-order valence-corrected chi connectivity index (χ1v) is 12.6. The third-order valence-corrected chi connectivity index (χ3v) is 8.06. The molecule has 30 heavy (non-hydrogen) atoms. The molecule has 0 saturated heterocycles. The number of rotatable bonds is 10. The zero-order valence-corrected chi connectivity index (χ0v) is 19.4. The first-order valence-electron chi connectivity index (χ1n) is 10.8. The molecule has 2 aliphatic rings. The van der Waals surface area contributed by atoms with E-state index in [2.05, 4.69) is 5.32 Å². The van der Waals surface area contributed by atoms with Gasteiger partial charge in [-0.3, -0.25) is 4.79 Å². The number of halogens is 1. The van der Waals surface area contributed by atoms with Crippen molar-refractivity contribution in [1.29, 1.82) is 0 Å². The van der Waals surface area contributed by atoms with Gasteiger partial charge in [0.2, 0.25) is 0 Å². The van der Waals surface area contributed by atoms with Crippen molar-refractivity contribution in [2.24, 2.45) is 17.1 Å². The van der Waals surface area contributed by atoms with Crippen LogP contribution in [0, 0.1) is 18.8 Å². The number of ether oxygens (including phenoxy) is 1. The van der Waals surface area contributed by atoms with Gasteiger partial charge in [-0.25, -0.2) is 0 Å². The fourth-order valence-electron chi connectivity index (χ4n) is 4.84. The van der Waals surface area contributed by atoms with Crippen molar-refractivity contribution in [3.05, 3.63) is 36.2 Å². The van der Waals surface area contributed by atoms with Gasteiger partial charge >= 0.3 is 0 Å². The summed E-state index contributed by atoms with van der Waals surface area (Å²) >= 11 is 5.39. The first kappa shape index (κ1) is 25.3. The molecule has 2 radical (unpaired) electrons. The van der Waals surface area contributed by atoms with Crippen LogP contribution in [-0.4, -0.2) is 41.7 Å². The van der Waals surface area contributed by atoms with Crippen LogP contribution < -0.4 is 15.8 Å². The highest BCUT2D eigenvalue weighted by Gasteiger charge is 2.39. The van der Waals surface area contributed by atoms with Crippen LogP contribution in [0.25, 0.3) is 0 Å². The van der Waals surface area contributed by atoms with E-state index in [-0.39, 0.29) is 18.7 Å². The Morgan fingerprint density at radius 3 is 2.73 bits per heavy atom. The molecule has 1 atom stereocenters. The maximum Gasteiger partial charge on any atom is 0.252 e. The Hall–Kier alpha value is -0.950. The van der Waals surface area contributed by atoms with E-state index in [1.54, 1.807) is 18.2 Å². The lowest BCUT2D eigenvalue weighted by molar-refractivity contribution is 0.0681. The monoisotopic (exact) mass is 454 g/mol. The third kappa shape index (κ3) is 7.04. The highest BCUT2D eigenvalue weighted by atomic mass is 35.5. The highest BCUT2D eigenvalue weighted by molar-refractivity contribution is 7.91. The molecule has 2 saturated carbocycles. The van der Waals surface area contributed by atoms with Crippen molar-refractivity contribution in [1.82, 2.24) is 5.32 Å². The van der Waals surface area contributed by atoms with Gasteiger partial charge in [-0.2, -0.15) is 0 Å². The smallest absolute Gasteiger partial charge is 0.252 e. The molecule has 2 aliphatic carbocycles. The van der Waals surface area contributed by atoms with Crippen molar-refractivity contribution < 1.29 is 14.1 Å². The molecule has 0 spiro atoms. The normalized spacial score (nSPS) is 23.9. The van der Waals surface area contributed by atoms with E-state index in [1.165, 1.54) is 44.9 Å². The van der Waals surface area contributed by atoms with E-state index in [4.69, 9.17) is 22.1 Å². The second kappa shape index (κ2) is 12.2. The largest absolute Gasteiger partial charge is 0.616 e. The minimum absolute atomic E-state index is 0. The molecular formula is C23H35ClN2O3S. The molecule has 3 rings (SSSR count). The molecule has 2 bridgehead atoms. The maximum absolute atomic E-state index is 12.8. The SMILES string of the molecule is NCC[S+]([O-])CCCOc1ccc(Cl)c(C(=O)NCC23CCCC(CCC2)C3)c1.[CH2]. The van der Waals surface area contributed by atoms with Crippen LogP contribution in [0.2, 0.25) is 5.02 Å².